The SMILES string of the molecule is CCCCN(C)C(=O)N(CC(=O)O)C(C)CC. The van der Waals surface area contributed by atoms with Crippen LogP contribution in [0.15, 0.2) is 0 Å². The van der Waals surface area contributed by atoms with Crippen LogP contribution in [0.25, 0.3) is 0 Å². The molecule has 0 bridgehead atoms. The number of rotatable bonds is 7. The highest BCUT2D eigenvalue weighted by molar-refractivity contribution is 5.80. The van der Waals surface area contributed by atoms with Gasteiger partial charge in [0.15, 0.2) is 0 Å². The molecule has 0 aromatic carbocycles. The zero-order valence-corrected chi connectivity index (χ0v) is 11.3. The van der Waals surface area contributed by atoms with Crippen LogP contribution >= 0.6 is 0 Å². The molecule has 0 spiro atoms. The maximum absolute atomic E-state index is 12.1. The minimum Gasteiger partial charge on any atom is -0.480 e. The van der Waals surface area contributed by atoms with Crippen molar-refractivity contribution in [2.75, 3.05) is 20.1 Å². The molecular weight excluding hydrogens is 220 g/mol. The van der Waals surface area contributed by atoms with E-state index in [9.17, 15) is 9.59 Å². The molecule has 100 valence electrons. The lowest BCUT2D eigenvalue weighted by molar-refractivity contribution is -0.138. The zero-order valence-electron chi connectivity index (χ0n) is 11.3. The molecule has 0 radical (unpaired) electrons. The van der Waals surface area contributed by atoms with Gasteiger partial charge in [-0.3, -0.25) is 4.79 Å². The van der Waals surface area contributed by atoms with Gasteiger partial charge >= 0.3 is 12.0 Å². The fourth-order valence-electron chi connectivity index (χ4n) is 1.49. The Morgan fingerprint density at radius 2 is 1.88 bits per heavy atom. The summed E-state index contributed by atoms with van der Waals surface area (Å²) in [5.41, 5.74) is 0. The molecule has 2 amide bonds. The second-order valence-electron chi connectivity index (χ2n) is 4.34. The highest BCUT2D eigenvalue weighted by Gasteiger charge is 2.23. The number of carbonyl (C=O) groups is 2. The van der Waals surface area contributed by atoms with E-state index < -0.39 is 5.97 Å². The third kappa shape index (κ3) is 5.56. The number of carbonyl (C=O) groups excluding carboxylic acids is 1. The molecule has 1 unspecified atom stereocenters. The van der Waals surface area contributed by atoms with Gasteiger partial charge in [0.25, 0.3) is 0 Å². The molecule has 1 N–H and O–H groups in total. The first kappa shape index (κ1) is 15.7. The number of carboxylic acids is 1. The van der Waals surface area contributed by atoms with Crippen molar-refractivity contribution in [1.82, 2.24) is 9.80 Å². The molecule has 0 heterocycles. The van der Waals surface area contributed by atoms with Gasteiger partial charge in [0.05, 0.1) is 0 Å². The highest BCUT2D eigenvalue weighted by atomic mass is 16.4. The predicted molar refractivity (Wildman–Crippen MR) is 67.0 cm³/mol. The van der Waals surface area contributed by atoms with E-state index in [0.29, 0.717) is 6.54 Å². The van der Waals surface area contributed by atoms with Crippen LogP contribution in [-0.4, -0.2) is 53.1 Å². The Hall–Kier alpha value is -1.26. The molecule has 17 heavy (non-hydrogen) atoms. The van der Waals surface area contributed by atoms with Crippen LogP contribution in [0.4, 0.5) is 4.79 Å². The lowest BCUT2D eigenvalue weighted by Crippen LogP contribution is -2.48. The number of urea groups is 1. The third-order valence-electron chi connectivity index (χ3n) is 2.85. The van der Waals surface area contributed by atoms with E-state index in [-0.39, 0.29) is 18.6 Å². The van der Waals surface area contributed by atoms with Gasteiger partial charge in [0, 0.05) is 19.6 Å². The van der Waals surface area contributed by atoms with E-state index in [4.69, 9.17) is 5.11 Å². The van der Waals surface area contributed by atoms with Crippen LogP contribution in [0.2, 0.25) is 0 Å². The van der Waals surface area contributed by atoms with Gasteiger partial charge in [-0.2, -0.15) is 0 Å². The smallest absolute Gasteiger partial charge is 0.323 e. The van der Waals surface area contributed by atoms with Crippen molar-refractivity contribution in [3.8, 4) is 0 Å². The topological polar surface area (TPSA) is 60.9 Å². The van der Waals surface area contributed by atoms with E-state index >= 15 is 0 Å². The Kier molecular flexibility index (Phi) is 7.34. The Labute approximate surface area is 103 Å². The normalized spacial score (nSPS) is 12.0. The second-order valence-corrected chi connectivity index (χ2v) is 4.34. The van der Waals surface area contributed by atoms with Crippen molar-refractivity contribution in [3.05, 3.63) is 0 Å². The van der Waals surface area contributed by atoms with Gasteiger partial charge in [0.1, 0.15) is 6.54 Å². The quantitative estimate of drug-likeness (QED) is 0.745. The average molecular weight is 244 g/mol. The minimum absolute atomic E-state index is 0.0531. The summed E-state index contributed by atoms with van der Waals surface area (Å²) in [5, 5.41) is 8.82. The summed E-state index contributed by atoms with van der Waals surface area (Å²) in [7, 11) is 1.72. The third-order valence-corrected chi connectivity index (χ3v) is 2.85. The maximum atomic E-state index is 12.1. The molecule has 5 heteroatoms. The molecule has 0 aliphatic carbocycles. The van der Waals surface area contributed by atoms with E-state index in [1.165, 1.54) is 4.90 Å². The molecule has 0 saturated carbocycles. The molecule has 0 rings (SSSR count). The monoisotopic (exact) mass is 244 g/mol. The van der Waals surface area contributed by atoms with E-state index in [1.807, 2.05) is 13.8 Å². The number of hydrogen-bond acceptors (Lipinski definition) is 2. The first-order valence-corrected chi connectivity index (χ1v) is 6.17. The zero-order chi connectivity index (χ0) is 13.4. The van der Waals surface area contributed by atoms with E-state index in [0.717, 1.165) is 19.3 Å². The highest BCUT2D eigenvalue weighted by Crippen LogP contribution is 2.07. The van der Waals surface area contributed by atoms with E-state index in [2.05, 4.69) is 6.92 Å². The largest absolute Gasteiger partial charge is 0.480 e. The molecule has 1 atom stereocenters. The summed E-state index contributed by atoms with van der Waals surface area (Å²) < 4.78 is 0. The second kappa shape index (κ2) is 7.92. The van der Waals surface area contributed by atoms with Crippen molar-refractivity contribution in [2.24, 2.45) is 0 Å². The minimum atomic E-state index is -0.970. The first-order valence-electron chi connectivity index (χ1n) is 6.17. The number of unbranched alkanes of at least 4 members (excludes halogenated alkanes) is 1. The number of carboxylic acid groups (broad SMARTS) is 1. The van der Waals surface area contributed by atoms with Gasteiger partial charge in [0.2, 0.25) is 0 Å². The molecule has 0 fully saturated rings. The summed E-state index contributed by atoms with van der Waals surface area (Å²) in [6, 6.07) is -0.252. The molecule has 0 aliphatic rings. The van der Waals surface area contributed by atoms with Crippen LogP contribution in [0.1, 0.15) is 40.0 Å². The molecule has 0 aromatic heterocycles. The van der Waals surface area contributed by atoms with Crippen LogP contribution in [0.3, 0.4) is 0 Å². The van der Waals surface area contributed by atoms with Crippen molar-refractivity contribution >= 4 is 12.0 Å². The Morgan fingerprint density at radius 1 is 1.29 bits per heavy atom. The molecule has 5 nitrogen and oxygen atoms in total. The number of aliphatic carboxylic acids is 1. The molecule has 0 saturated heterocycles. The molecule has 0 aromatic rings. The Morgan fingerprint density at radius 3 is 2.29 bits per heavy atom. The lowest BCUT2D eigenvalue weighted by Gasteiger charge is -2.31. The Balaban J connectivity index is 4.56. The van der Waals surface area contributed by atoms with Crippen LogP contribution in [0.5, 0.6) is 0 Å². The van der Waals surface area contributed by atoms with Gasteiger partial charge in [-0.05, 0) is 19.8 Å². The molecule has 0 aliphatic heterocycles. The first-order chi connectivity index (χ1) is 7.93. The fourth-order valence-corrected chi connectivity index (χ4v) is 1.49. The Bertz CT molecular complexity index is 256. The molecular formula is C12H24N2O3. The van der Waals surface area contributed by atoms with Crippen LogP contribution in [0, 0.1) is 0 Å². The van der Waals surface area contributed by atoms with E-state index in [1.54, 1.807) is 11.9 Å². The number of amides is 2. The van der Waals surface area contributed by atoms with Crippen molar-refractivity contribution in [3.63, 3.8) is 0 Å². The van der Waals surface area contributed by atoms with Gasteiger partial charge in [-0.25, -0.2) is 4.79 Å². The number of hydrogen-bond donors (Lipinski definition) is 1. The van der Waals surface area contributed by atoms with Gasteiger partial charge in [-0.15, -0.1) is 0 Å². The van der Waals surface area contributed by atoms with Crippen molar-refractivity contribution in [1.29, 1.82) is 0 Å². The van der Waals surface area contributed by atoms with Crippen LogP contribution < -0.4 is 0 Å². The lowest BCUT2D eigenvalue weighted by atomic mass is 10.2. The summed E-state index contributed by atoms with van der Waals surface area (Å²) in [5.74, 6) is -0.970. The standard InChI is InChI=1S/C12H24N2O3/c1-5-7-8-13(4)12(17)14(9-11(15)16)10(3)6-2/h10H,5-9H2,1-4H3,(H,15,16). The van der Waals surface area contributed by atoms with Crippen molar-refractivity contribution < 1.29 is 14.7 Å². The van der Waals surface area contributed by atoms with Crippen molar-refractivity contribution in [2.45, 2.75) is 46.1 Å². The van der Waals surface area contributed by atoms with Gasteiger partial charge in [-0.1, -0.05) is 20.3 Å². The summed E-state index contributed by atoms with van der Waals surface area (Å²) in [4.78, 5) is 25.8. The summed E-state index contributed by atoms with van der Waals surface area (Å²) >= 11 is 0. The maximum Gasteiger partial charge on any atom is 0.323 e. The summed E-state index contributed by atoms with van der Waals surface area (Å²) in [6.07, 6.45) is 2.70. The number of nitrogens with zero attached hydrogens (tertiary/aromatic N) is 2. The predicted octanol–water partition coefficient (Wildman–Crippen LogP) is 2.02. The van der Waals surface area contributed by atoms with Gasteiger partial charge < -0.3 is 14.9 Å². The fraction of sp³-hybridized carbons (Fsp3) is 0.833. The average Bonchev–Trinajstić information content (AvgIpc) is 2.30. The summed E-state index contributed by atoms with van der Waals surface area (Å²) in [6.45, 7) is 6.31. The van der Waals surface area contributed by atoms with Crippen LogP contribution in [-0.2, 0) is 4.79 Å².